The smallest absolute Gasteiger partial charge is 0.323 e. The lowest BCUT2D eigenvalue weighted by molar-refractivity contribution is -0.0177. The molecular weight excluding hydrogens is 596 g/mol. The molecule has 0 aliphatic carbocycles. The first-order chi connectivity index (χ1) is 22.7. The first-order valence-electron chi connectivity index (χ1n) is 16.5. The first-order valence-corrected chi connectivity index (χ1v) is 16.5. The molecule has 0 saturated carbocycles. The highest BCUT2D eigenvalue weighted by Crippen LogP contribution is 2.29. The highest BCUT2D eigenvalue weighted by Gasteiger charge is 2.30. The zero-order chi connectivity index (χ0) is 33.8. The Morgan fingerprint density at radius 1 is 1.04 bits per heavy atom. The molecule has 0 bridgehead atoms. The number of hydrogen-bond donors (Lipinski definition) is 3. The second-order valence-electron chi connectivity index (χ2n) is 12.5. The van der Waals surface area contributed by atoms with Crippen molar-refractivity contribution in [2.45, 2.75) is 64.8 Å². The molecule has 0 unspecified atom stereocenters. The van der Waals surface area contributed by atoms with E-state index in [-0.39, 0.29) is 30.6 Å². The molecule has 0 fully saturated rings. The van der Waals surface area contributed by atoms with Gasteiger partial charge >= 0.3 is 6.03 Å². The lowest BCUT2D eigenvalue weighted by Gasteiger charge is -2.36. The van der Waals surface area contributed by atoms with Gasteiger partial charge in [-0.25, -0.2) is 4.79 Å². The van der Waals surface area contributed by atoms with Gasteiger partial charge in [0.15, 0.2) is 0 Å². The minimum absolute atomic E-state index is 0.0333. The lowest BCUT2D eigenvalue weighted by atomic mass is 10.0. The van der Waals surface area contributed by atoms with Gasteiger partial charge in [-0.2, -0.15) is 0 Å². The lowest BCUT2D eigenvalue weighted by Crippen LogP contribution is -2.47. The molecule has 3 amide bonds. The Morgan fingerprint density at radius 3 is 2.45 bits per heavy atom. The molecule has 3 aromatic carbocycles. The minimum atomic E-state index is -0.458. The number of methoxy groups -OCH3 is 1. The molecule has 0 saturated heterocycles. The van der Waals surface area contributed by atoms with Crippen molar-refractivity contribution in [3.8, 4) is 11.5 Å². The van der Waals surface area contributed by atoms with Crippen LogP contribution in [0.1, 0.15) is 56.0 Å². The Bertz CT molecular complexity index is 1420. The highest BCUT2D eigenvalue weighted by atomic mass is 16.5. The third-order valence-corrected chi connectivity index (χ3v) is 8.44. The molecule has 0 spiro atoms. The third-order valence-electron chi connectivity index (χ3n) is 8.44. The van der Waals surface area contributed by atoms with Crippen LogP contribution < -0.4 is 20.1 Å². The number of hydrogen-bond acceptors (Lipinski definition) is 7. The van der Waals surface area contributed by atoms with Crippen molar-refractivity contribution in [3.05, 3.63) is 83.9 Å². The number of fused-ring (bicyclic) bond motifs is 1. The number of rotatable bonds is 9. The Morgan fingerprint density at radius 2 is 1.74 bits per heavy atom. The number of nitrogens with one attached hydrogen (secondary N) is 2. The zero-order valence-electron chi connectivity index (χ0n) is 28.3. The average molecular weight is 647 g/mol. The van der Waals surface area contributed by atoms with Gasteiger partial charge in [-0.1, -0.05) is 37.3 Å². The average Bonchev–Trinajstić information content (AvgIpc) is 3.06. The predicted molar refractivity (Wildman–Crippen MR) is 185 cm³/mol. The molecule has 1 aliphatic rings. The summed E-state index contributed by atoms with van der Waals surface area (Å²) in [4.78, 5) is 31.2. The number of likely N-dealkylation sites (N-methyl/N-ethyl adjacent to an activating group) is 1. The number of urea groups is 1. The number of carbonyl (C=O) groups excluding carboxylic acids is 2. The SMILES string of the molecule is COc1ccc(NC(=O)Nc2ccc3c(c2)C(=O)N([C@H](C)CO)C[C@@H](C)[C@@H](CN(C)Cc2ccccc2)OCCCC[C@H](C)O3)cc1. The molecule has 1 heterocycles. The van der Waals surface area contributed by atoms with Crippen molar-refractivity contribution in [3.63, 3.8) is 0 Å². The molecule has 4 rings (SSSR count). The van der Waals surface area contributed by atoms with Gasteiger partial charge in [-0.3, -0.25) is 9.69 Å². The van der Waals surface area contributed by atoms with Gasteiger partial charge in [-0.15, -0.1) is 0 Å². The van der Waals surface area contributed by atoms with Gasteiger partial charge in [0.25, 0.3) is 5.91 Å². The minimum Gasteiger partial charge on any atom is -0.497 e. The van der Waals surface area contributed by atoms with Gasteiger partial charge in [0, 0.05) is 43.5 Å². The summed E-state index contributed by atoms with van der Waals surface area (Å²) in [5.74, 6) is 0.809. The van der Waals surface area contributed by atoms with Crippen LogP contribution >= 0.6 is 0 Å². The predicted octanol–water partition coefficient (Wildman–Crippen LogP) is 6.27. The molecule has 47 heavy (non-hydrogen) atoms. The maximum absolute atomic E-state index is 14.4. The van der Waals surface area contributed by atoms with Crippen LogP contribution in [0.4, 0.5) is 16.2 Å². The van der Waals surface area contributed by atoms with E-state index in [0.29, 0.717) is 48.1 Å². The molecule has 1 aliphatic heterocycles. The normalized spacial score (nSPS) is 20.0. The summed E-state index contributed by atoms with van der Waals surface area (Å²) in [7, 11) is 3.67. The molecule has 3 N–H and O–H groups in total. The Balaban J connectivity index is 1.57. The van der Waals surface area contributed by atoms with Crippen LogP contribution in [0.3, 0.4) is 0 Å². The maximum Gasteiger partial charge on any atom is 0.323 e. The molecule has 0 aromatic heterocycles. The van der Waals surface area contributed by atoms with Gasteiger partial charge in [0.1, 0.15) is 11.5 Å². The number of nitrogens with zero attached hydrogens (tertiary/aromatic N) is 2. The largest absolute Gasteiger partial charge is 0.497 e. The maximum atomic E-state index is 14.4. The zero-order valence-corrected chi connectivity index (χ0v) is 28.3. The highest BCUT2D eigenvalue weighted by molar-refractivity contribution is 6.02. The van der Waals surface area contributed by atoms with E-state index in [1.165, 1.54) is 5.56 Å². The van der Waals surface area contributed by atoms with Crippen LogP contribution in [0.5, 0.6) is 11.5 Å². The van der Waals surface area contributed by atoms with Crippen molar-refractivity contribution in [1.29, 1.82) is 0 Å². The van der Waals surface area contributed by atoms with Crippen LogP contribution in [0.25, 0.3) is 0 Å². The standard InChI is InChI=1S/C37H50N4O6/c1-26-22-41(27(2)25-42)36(43)33-21-31(39-37(44)38-30-14-17-32(45-5)18-15-30)16-19-34(33)47-28(3)11-9-10-20-46-35(26)24-40(4)23-29-12-7-6-8-13-29/h6-8,12-19,21,26-28,35,42H,9-11,20,22-25H2,1-5H3,(H2,38,39,44)/t26-,27-,28+,35-/m1/s1. The second kappa shape index (κ2) is 17.7. The molecule has 4 atom stereocenters. The van der Waals surface area contributed by atoms with E-state index < -0.39 is 12.1 Å². The van der Waals surface area contributed by atoms with Crippen molar-refractivity contribution in [2.24, 2.45) is 5.92 Å². The van der Waals surface area contributed by atoms with E-state index >= 15 is 0 Å². The molecular formula is C37H50N4O6. The van der Waals surface area contributed by atoms with Crippen molar-refractivity contribution >= 4 is 23.3 Å². The fourth-order valence-corrected chi connectivity index (χ4v) is 5.70. The van der Waals surface area contributed by atoms with Gasteiger partial charge in [0.2, 0.25) is 0 Å². The third kappa shape index (κ3) is 10.7. The summed E-state index contributed by atoms with van der Waals surface area (Å²) in [5.41, 5.74) is 2.58. The second-order valence-corrected chi connectivity index (χ2v) is 12.5. The van der Waals surface area contributed by atoms with Crippen LogP contribution in [0.15, 0.2) is 72.8 Å². The van der Waals surface area contributed by atoms with Crippen molar-refractivity contribution < 1.29 is 28.9 Å². The molecule has 10 heteroatoms. The van der Waals surface area contributed by atoms with E-state index in [4.69, 9.17) is 14.2 Å². The molecule has 254 valence electrons. The van der Waals surface area contributed by atoms with Crippen molar-refractivity contribution in [1.82, 2.24) is 9.80 Å². The summed E-state index contributed by atoms with van der Waals surface area (Å²) in [6.45, 7) is 8.19. The molecule has 3 aromatic rings. The monoisotopic (exact) mass is 646 g/mol. The summed E-state index contributed by atoms with van der Waals surface area (Å²) in [6, 6.07) is 21.5. The first kappa shape index (κ1) is 35.7. The van der Waals surface area contributed by atoms with Crippen LogP contribution in [0, 0.1) is 5.92 Å². The number of ether oxygens (including phenoxy) is 3. The van der Waals surface area contributed by atoms with E-state index in [0.717, 1.165) is 25.8 Å². The van der Waals surface area contributed by atoms with E-state index in [1.807, 2.05) is 32.0 Å². The quantitative estimate of drug-likeness (QED) is 0.251. The van der Waals surface area contributed by atoms with E-state index in [2.05, 4.69) is 41.6 Å². The summed E-state index contributed by atoms with van der Waals surface area (Å²) >= 11 is 0. The Hall–Kier alpha value is -4.12. The summed E-state index contributed by atoms with van der Waals surface area (Å²) < 4.78 is 18.0. The Kier molecular flexibility index (Phi) is 13.5. The summed E-state index contributed by atoms with van der Waals surface area (Å²) in [5, 5.41) is 15.9. The topological polar surface area (TPSA) is 113 Å². The van der Waals surface area contributed by atoms with Crippen LogP contribution in [-0.2, 0) is 11.3 Å². The summed E-state index contributed by atoms with van der Waals surface area (Å²) in [6.07, 6.45) is 2.34. The van der Waals surface area contributed by atoms with E-state index in [9.17, 15) is 14.7 Å². The van der Waals surface area contributed by atoms with Gasteiger partial charge in [-0.05, 0) is 88.2 Å². The molecule has 10 nitrogen and oxygen atoms in total. The molecule has 0 radical (unpaired) electrons. The van der Waals surface area contributed by atoms with Crippen LogP contribution in [-0.4, -0.2) is 85.6 Å². The van der Waals surface area contributed by atoms with Crippen molar-refractivity contribution in [2.75, 3.05) is 51.1 Å². The fourth-order valence-electron chi connectivity index (χ4n) is 5.70. The number of benzene rings is 3. The number of anilines is 2. The number of amides is 3. The number of aliphatic hydroxyl groups excluding tert-OH is 1. The number of carbonyl (C=O) groups is 2. The van der Waals surface area contributed by atoms with Gasteiger partial charge < -0.3 is 34.9 Å². The number of aliphatic hydroxyl groups is 1. The van der Waals surface area contributed by atoms with Crippen LogP contribution in [0.2, 0.25) is 0 Å². The Labute approximate surface area is 279 Å². The van der Waals surface area contributed by atoms with Gasteiger partial charge in [0.05, 0.1) is 37.5 Å². The van der Waals surface area contributed by atoms with E-state index in [1.54, 1.807) is 54.5 Å². The fraction of sp³-hybridized carbons (Fsp3) is 0.459.